The minimum absolute atomic E-state index is 0.0963. The highest BCUT2D eigenvalue weighted by Crippen LogP contribution is 2.47. The summed E-state index contributed by atoms with van der Waals surface area (Å²) in [5.74, 6) is 1.69. The molecule has 10 aromatic carbocycles. The maximum Gasteiger partial charge on any atom is 0.257 e. The summed E-state index contributed by atoms with van der Waals surface area (Å²) in [6, 6.07) is 79.2. The predicted octanol–water partition coefficient (Wildman–Crippen LogP) is 14.0. The largest absolute Gasteiger partial charge is 0.458 e. The highest BCUT2D eigenvalue weighted by molar-refractivity contribution is 7.00. The van der Waals surface area contributed by atoms with Gasteiger partial charge in [0.1, 0.15) is 11.5 Å². The van der Waals surface area contributed by atoms with Gasteiger partial charge in [0.15, 0.2) is 0 Å². The van der Waals surface area contributed by atoms with Crippen molar-refractivity contribution in [2.24, 2.45) is 0 Å². The van der Waals surface area contributed by atoms with Crippen molar-refractivity contribution in [3.05, 3.63) is 230 Å². The van der Waals surface area contributed by atoms with Crippen LogP contribution in [0.15, 0.2) is 218 Å². The van der Waals surface area contributed by atoms with Crippen molar-refractivity contribution in [2.45, 2.75) is 13.8 Å². The first-order chi connectivity index (χ1) is 31.1. The summed E-state index contributed by atoms with van der Waals surface area (Å²) in [5, 5.41) is 4.85. The molecule has 0 spiro atoms. The topological polar surface area (TPSA) is 19.0 Å². The molecule has 5 heteroatoms. The maximum atomic E-state index is 7.39. The van der Waals surface area contributed by atoms with Crippen molar-refractivity contribution in [3.8, 4) is 11.5 Å². The van der Waals surface area contributed by atoms with Crippen LogP contribution >= 0.6 is 0 Å². The Hall–Kier alpha value is -8.02. The molecular formula is C58H42BN3O. The zero-order valence-electron chi connectivity index (χ0n) is 35.1. The fourth-order valence-electron chi connectivity index (χ4n) is 9.79. The van der Waals surface area contributed by atoms with Crippen LogP contribution in [0.25, 0.3) is 21.5 Å². The second-order valence-electron chi connectivity index (χ2n) is 16.7. The third kappa shape index (κ3) is 6.23. The summed E-state index contributed by atoms with van der Waals surface area (Å²) in [5.41, 5.74) is 15.7. The number of ether oxygens (including phenoxy) is 1. The molecule has 0 bridgehead atoms. The maximum absolute atomic E-state index is 7.39. The molecule has 0 N–H and O–H groups in total. The Kier molecular flexibility index (Phi) is 8.68. The molecule has 0 atom stereocenters. The van der Waals surface area contributed by atoms with E-state index < -0.39 is 0 Å². The van der Waals surface area contributed by atoms with Crippen molar-refractivity contribution < 1.29 is 4.74 Å². The first-order valence-electron chi connectivity index (χ1n) is 21.7. The molecule has 0 aliphatic carbocycles. The van der Waals surface area contributed by atoms with E-state index >= 15 is 0 Å². The van der Waals surface area contributed by atoms with Gasteiger partial charge in [0.05, 0.1) is 5.69 Å². The third-order valence-electron chi connectivity index (χ3n) is 12.8. The van der Waals surface area contributed by atoms with Crippen molar-refractivity contribution in [3.63, 3.8) is 0 Å². The lowest BCUT2D eigenvalue weighted by Crippen LogP contribution is -2.59. The van der Waals surface area contributed by atoms with Gasteiger partial charge in [-0.25, -0.2) is 0 Å². The Morgan fingerprint density at radius 1 is 0.381 bits per heavy atom. The van der Waals surface area contributed by atoms with Crippen LogP contribution in [0, 0.1) is 13.8 Å². The number of hydrogen-bond donors (Lipinski definition) is 0. The average molecular weight is 808 g/mol. The first-order valence-corrected chi connectivity index (χ1v) is 21.7. The number of aryl methyl sites for hydroxylation is 2. The summed E-state index contributed by atoms with van der Waals surface area (Å²) in [4.78, 5) is 7.14. The van der Waals surface area contributed by atoms with Crippen LogP contribution < -0.4 is 35.8 Å². The molecular weight excluding hydrogens is 765 g/mol. The summed E-state index contributed by atoms with van der Waals surface area (Å²) in [7, 11) is 0. The molecule has 12 rings (SSSR count). The van der Waals surface area contributed by atoms with Gasteiger partial charge in [-0.15, -0.1) is 0 Å². The fourth-order valence-corrected chi connectivity index (χ4v) is 9.79. The summed E-state index contributed by atoms with van der Waals surface area (Å²) in [6.45, 7) is 4.17. The van der Waals surface area contributed by atoms with E-state index in [0.29, 0.717) is 0 Å². The van der Waals surface area contributed by atoms with E-state index in [2.05, 4.69) is 247 Å². The van der Waals surface area contributed by atoms with Gasteiger partial charge >= 0.3 is 0 Å². The molecule has 0 saturated carbocycles. The van der Waals surface area contributed by atoms with Crippen molar-refractivity contribution >= 4 is 95.8 Å². The number of rotatable bonds is 7. The van der Waals surface area contributed by atoms with E-state index in [-0.39, 0.29) is 6.71 Å². The monoisotopic (exact) mass is 807 g/mol. The van der Waals surface area contributed by atoms with Crippen molar-refractivity contribution in [2.75, 3.05) is 14.7 Å². The van der Waals surface area contributed by atoms with Crippen LogP contribution in [0.3, 0.4) is 0 Å². The molecule has 2 aliphatic heterocycles. The Balaban J connectivity index is 1.13. The Bertz CT molecular complexity index is 3310. The van der Waals surface area contributed by atoms with E-state index in [0.717, 1.165) is 73.6 Å². The lowest BCUT2D eigenvalue weighted by molar-refractivity contribution is 0.488. The van der Waals surface area contributed by atoms with E-state index in [4.69, 9.17) is 4.74 Å². The quantitative estimate of drug-likeness (QED) is 0.149. The summed E-state index contributed by atoms with van der Waals surface area (Å²) < 4.78 is 7.39. The van der Waals surface area contributed by atoms with Gasteiger partial charge in [-0.1, -0.05) is 139 Å². The second-order valence-corrected chi connectivity index (χ2v) is 16.7. The molecule has 0 radical (unpaired) electrons. The molecule has 4 nitrogen and oxygen atoms in total. The van der Waals surface area contributed by atoms with Crippen LogP contribution in [0.1, 0.15) is 11.1 Å². The number of para-hydroxylation sites is 2. The Morgan fingerprint density at radius 2 is 0.921 bits per heavy atom. The molecule has 0 amide bonds. The van der Waals surface area contributed by atoms with Crippen LogP contribution in [0.5, 0.6) is 11.5 Å². The fraction of sp³-hybridized carbons (Fsp3) is 0.0345. The average Bonchev–Trinajstić information content (AvgIpc) is 3.33. The van der Waals surface area contributed by atoms with Gasteiger partial charge in [-0.3, -0.25) is 0 Å². The van der Waals surface area contributed by atoms with Crippen molar-refractivity contribution in [1.82, 2.24) is 0 Å². The minimum atomic E-state index is -0.0963. The number of benzene rings is 10. The minimum Gasteiger partial charge on any atom is -0.458 e. The highest BCUT2D eigenvalue weighted by atomic mass is 16.5. The molecule has 298 valence electrons. The van der Waals surface area contributed by atoms with Gasteiger partial charge in [-0.2, -0.15) is 0 Å². The van der Waals surface area contributed by atoms with Gasteiger partial charge in [0.25, 0.3) is 6.71 Å². The van der Waals surface area contributed by atoms with E-state index in [9.17, 15) is 0 Å². The lowest BCUT2D eigenvalue weighted by atomic mass is 9.33. The SMILES string of the molecule is Cc1ccc(N(c2ccc(C)cc2)c2ccc3c(c2)Oc2cc(N(c4ccccc4)c4ccc5ccccc5c4)cc4c2B3c2c(ccc3ccccc23)N4c2ccccc2)cc1. The molecule has 10 aromatic rings. The van der Waals surface area contributed by atoms with E-state index in [1.54, 1.807) is 0 Å². The zero-order chi connectivity index (χ0) is 42.0. The zero-order valence-corrected chi connectivity index (χ0v) is 35.1. The standard InChI is InChI=1S/C58H42BN3O/c1-39-21-27-46(28-22-39)60(47-29-23-40(2)24-30-47)49-32-33-52-55(37-49)63-56-38-50(61(44-16-5-3-6-17-44)48-31-25-41-13-9-10-15-43(41)35-48)36-54-58(56)59(52)57-51-20-12-11-14-42(51)26-34-53(57)62(54)45-18-7-4-8-19-45/h3-38H,1-2H3. The molecule has 0 unspecified atom stereocenters. The van der Waals surface area contributed by atoms with Crippen LogP contribution in [-0.2, 0) is 0 Å². The second kappa shape index (κ2) is 14.9. The normalized spacial score (nSPS) is 12.3. The summed E-state index contributed by atoms with van der Waals surface area (Å²) in [6.07, 6.45) is 0. The first kappa shape index (κ1) is 36.8. The highest BCUT2D eigenvalue weighted by Gasteiger charge is 2.43. The molecule has 0 fully saturated rings. The molecule has 2 aliphatic rings. The number of fused-ring (bicyclic) bond motifs is 7. The number of nitrogens with zero attached hydrogens (tertiary/aromatic N) is 3. The van der Waals surface area contributed by atoms with Crippen molar-refractivity contribution in [1.29, 1.82) is 0 Å². The summed E-state index contributed by atoms with van der Waals surface area (Å²) >= 11 is 0. The van der Waals surface area contributed by atoms with Crippen LogP contribution in [-0.4, -0.2) is 6.71 Å². The van der Waals surface area contributed by atoms with Gasteiger partial charge in [0.2, 0.25) is 0 Å². The number of hydrogen-bond acceptors (Lipinski definition) is 4. The Morgan fingerprint density at radius 3 is 1.65 bits per heavy atom. The smallest absolute Gasteiger partial charge is 0.257 e. The van der Waals surface area contributed by atoms with Crippen LogP contribution in [0.2, 0.25) is 0 Å². The molecule has 2 heterocycles. The predicted molar refractivity (Wildman–Crippen MR) is 266 cm³/mol. The Labute approximate surface area is 368 Å². The van der Waals surface area contributed by atoms with Gasteiger partial charge in [-0.05, 0) is 131 Å². The van der Waals surface area contributed by atoms with E-state index in [1.807, 2.05) is 0 Å². The van der Waals surface area contributed by atoms with Crippen LogP contribution in [0.4, 0.5) is 51.2 Å². The lowest BCUT2D eigenvalue weighted by Gasteiger charge is -2.41. The molecule has 0 aromatic heterocycles. The van der Waals surface area contributed by atoms with Gasteiger partial charge in [0, 0.05) is 57.6 Å². The molecule has 63 heavy (non-hydrogen) atoms. The molecule has 0 saturated heterocycles. The van der Waals surface area contributed by atoms with Gasteiger partial charge < -0.3 is 19.4 Å². The number of anilines is 9. The third-order valence-corrected chi connectivity index (χ3v) is 12.8. The van der Waals surface area contributed by atoms with E-state index in [1.165, 1.54) is 38.1 Å².